The number of ketones is 1. The van der Waals surface area contributed by atoms with Gasteiger partial charge in [0.15, 0.2) is 17.3 Å². The molecule has 3 amide bonds. The summed E-state index contributed by atoms with van der Waals surface area (Å²) in [6, 6.07) is 3.93. The van der Waals surface area contributed by atoms with Crippen LogP contribution in [-0.4, -0.2) is 78.9 Å². The Labute approximate surface area is 301 Å². The number of allylic oxidation sites excluding steroid dienone is 2. The molecule has 1 aromatic carbocycles. The first-order valence-electron chi connectivity index (χ1n) is 16.7. The number of nitrogens with one attached hydrogen (secondary N) is 2. The molecule has 2 N–H and O–H groups in total. The maximum atomic E-state index is 14.4. The molecule has 7 rings (SSSR count). The summed E-state index contributed by atoms with van der Waals surface area (Å²) in [5.41, 5.74) is 2.81. The van der Waals surface area contributed by atoms with E-state index >= 15 is 0 Å². The highest BCUT2D eigenvalue weighted by Crippen LogP contribution is 2.59. The fourth-order valence-electron chi connectivity index (χ4n) is 7.29. The number of ether oxygens (including phenoxy) is 1. The van der Waals surface area contributed by atoms with Gasteiger partial charge in [-0.25, -0.2) is 15.0 Å². The smallest absolute Gasteiger partial charge is 0.248 e. The van der Waals surface area contributed by atoms with Gasteiger partial charge in [-0.2, -0.15) is 9.49 Å². The average molecular weight is 760 g/mol. The molecular weight excluding hydrogens is 723 g/mol. The first kappa shape index (κ1) is 34.4. The molecule has 0 spiro atoms. The molecule has 51 heavy (non-hydrogen) atoms. The molecule has 1 saturated carbocycles. The van der Waals surface area contributed by atoms with Gasteiger partial charge in [0, 0.05) is 60.8 Å². The number of benzene rings is 1. The molecule has 264 valence electrons. The van der Waals surface area contributed by atoms with Crippen molar-refractivity contribution < 1.29 is 28.3 Å². The van der Waals surface area contributed by atoms with Crippen LogP contribution in [0, 0.1) is 18.2 Å². The average Bonchev–Trinajstić information content (AvgIpc) is 3.51. The van der Waals surface area contributed by atoms with Gasteiger partial charge in [-0.05, 0) is 78.2 Å². The van der Waals surface area contributed by atoms with Crippen LogP contribution in [0.25, 0.3) is 22.0 Å². The standard InChI is InChI=1S/C36H36BrFN8O5/c1-19(47)32-24-11-22(23-15-39-20(2)40-16-23)10-21-8-6-4-5-7-9-29(48)41-18-36-13-25(35(50)43-28-12-26(51-3)31(38)34(37)42-28)46(27(36)14-36)30(49)17-45(44-32)33(21)24/h4,6,10-12,15-16,25,27H,5,7-9,13-14,17-18H2,1-3H3,(H,41,48)(H,42,43,50)/b6-4+/t25-,27+,36-/m0/s1. The molecule has 13 nitrogen and oxygen atoms in total. The number of nitrogens with zero attached hydrogens (tertiary/aromatic N) is 6. The SMILES string of the molecule is COc1cc(NC(=O)[C@@H]2C[C@]34CNC(=O)CCC/C=C/Cc5cc(-c6cnc(C)nc6)cc6c(C(C)=O)nn(c56)CC(=O)N2[C@@H]3C4)nc(Br)c1F. The third-order valence-corrected chi connectivity index (χ3v) is 10.5. The minimum atomic E-state index is -0.909. The lowest BCUT2D eigenvalue weighted by atomic mass is 9.98. The Morgan fingerprint density at radius 1 is 1.12 bits per heavy atom. The Morgan fingerprint density at radius 3 is 2.65 bits per heavy atom. The van der Waals surface area contributed by atoms with E-state index in [0.717, 1.165) is 16.7 Å². The number of Topliss-reactive ketones (excluding diaryl/α,β-unsaturated/α-hetero) is 1. The second-order valence-electron chi connectivity index (χ2n) is 13.4. The van der Waals surface area contributed by atoms with Crippen LogP contribution in [0.5, 0.6) is 5.75 Å². The number of hydrogen-bond donors (Lipinski definition) is 2. The highest BCUT2D eigenvalue weighted by molar-refractivity contribution is 9.10. The number of piperidine rings is 1. The van der Waals surface area contributed by atoms with Crippen LogP contribution in [-0.2, 0) is 27.3 Å². The van der Waals surface area contributed by atoms with Gasteiger partial charge in [0.1, 0.15) is 34.5 Å². The summed E-state index contributed by atoms with van der Waals surface area (Å²) in [5, 5.41) is 11.1. The van der Waals surface area contributed by atoms with Crippen LogP contribution in [0.2, 0.25) is 0 Å². The van der Waals surface area contributed by atoms with Gasteiger partial charge in [0.05, 0.1) is 12.6 Å². The van der Waals surface area contributed by atoms with E-state index in [-0.39, 0.29) is 52.0 Å². The van der Waals surface area contributed by atoms with Gasteiger partial charge < -0.3 is 20.3 Å². The van der Waals surface area contributed by atoms with Gasteiger partial charge in [0.2, 0.25) is 17.7 Å². The quantitative estimate of drug-likeness (QED) is 0.167. The predicted molar refractivity (Wildman–Crippen MR) is 188 cm³/mol. The van der Waals surface area contributed by atoms with E-state index < -0.39 is 23.2 Å². The number of pyridine rings is 1. The molecular formula is C36H36BrFN8O5. The van der Waals surface area contributed by atoms with E-state index in [1.807, 2.05) is 24.3 Å². The largest absolute Gasteiger partial charge is 0.493 e. The minimum absolute atomic E-state index is 0.0477. The highest BCUT2D eigenvalue weighted by atomic mass is 79.9. The van der Waals surface area contributed by atoms with Crippen molar-refractivity contribution >= 4 is 56.2 Å². The zero-order chi connectivity index (χ0) is 36.0. The number of aryl methyl sites for hydroxylation is 1. The number of hydrogen-bond acceptors (Lipinski definition) is 9. The van der Waals surface area contributed by atoms with Crippen LogP contribution in [0.3, 0.4) is 0 Å². The molecule has 3 aliphatic rings. The van der Waals surface area contributed by atoms with Crippen molar-refractivity contribution in [2.75, 3.05) is 19.0 Å². The third-order valence-electron chi connectivity index (χ3n) is 9.94. The maximum Gasteiger partial charge on any atom is 0.248 e. The van der Waals surface area contributed by atoms with Gasteiger partial charge >= 0.3 is 0 Å². The molecule has 2 bridgehead atoms. The van der Waals surface area contributed by atoms with E-state index in [2.05, 4.69) is 46.6 Å². The molecule has 2 aliphatic heterocycles. The van der Waals surface area contributed by atoms with Crippen molar-refractivity contribution in [2.45, 2.75) is 71.0 Å². The normalized spacial score (nSPS) is 22.6. The van der Waals surface area contributed by atoms with Crippen molar-refractivity contribution in [1.82, 2.24) is 34.9 Å². The zero-order valence-corrected chi connectivity index (χ0v) is 29.9. The van der Waals surface area contributed by atoms with Crippen LogP contribution in [0.1, 0.15) is 60.9 Å². The van der Waals surface area contributed by atoms with Gasteiger partial charge in [-0.3, -0.25) is 23.9 Å². The summed E-state index contributed by atoms with van der Waals surface area (Å²) in [7, 11) is 1.30. The number of methoxy groups -OCH3 is 1. The zero-order valence-electron chi connectivity index (χ0n) is 28.3. The van der Waals surface area contributed by atoms with E-state index in [1.165, 1.54) is 20.1 Å². The minimum Gasteiger partial charge on any atom is -0.493 e. The molecule has 3 aromatic heterocycles. The number of anilines is 1. The molecule has 0 unspecified atom stereocenters. The summed E-state index contributed by atoms with van der Waals surface area (Å²) in [4.78, 5) is 68.5. The van der Waals surface area contributed by atoms with Crippen molar-refractivity contribution in [1.29, 1.82) is 0 Å². The number of halogens is 2. The van der Waals surface area contributed by atoms with Crippen molar-refractivity contribution in [3.05, 3.63) is 70.2 Å². The maximum absolute atomic E-state index is 14.4. The number of carbonyl (C=O) groups is 4. The number of carbonyl (C=O) groups excluding carboxylic acids is 4. The van der Waals surface area contributed by atoms with E-state index in [4.69, 9.17) is 4.74 Å². The lowest BCUT2D eigenvalue weighted by molar-refractivity contribution is -0.138. The first-order chi connectivity index (χ1) is 24.5. The Bertz CT molecular complexity index is 2120. The van der Waals surface area contributed by atoms with Gasteiger partial charge in [-0.1, -0.05) is 12.2 Å². The van der Waals surface area contributed by atoms with E-state index in [9.17, 15) is 23.6 Å². The number of amides is 3. The summed E-state index contributed by atoms with van der Waals surface area (Å²) in [6.45, 7) is 3.34. The van der Waals surface area contributed by atoms with Crippen LogP contribution >= 0.6 is 15.9 Å². The Balaban J connectivity index is 1.29. The number of rotatable bonds is 5. The Kier molecular flexibility index (Phi) is 9.16. The number of aromatic nitrogens is 5. The second kappa shape index (κ2) is 13.6. The van der Waals surface area contributed by atoms with E-state index in [0.29, 0.717) is 61.8 Å². The summed E-state index contributed by atoms with van der Waals surface area (Å²) < 4.78 is 20.9. The van der Waals surface area contributed by atoms with Crippen LogP contribution < -0.4 is 15.4 Å². The van der Waals surface area contributed by atoms with Crippen LogP contribution in [0.15, 0.2) is 47.3 Å². The molecule has 1 saturated heterocycles. The third kappa shape index (κ3) is 6.62. The topological polar surface area (TPSA) is 161 Å². The second-order valence-corrected chi connectivity index (χ2v) is 14.1. The molecule has 4 aromatic rings. The lowest BCUT2D eigenvalue weighted by Crippen LogP contribution is -2.46. The molecule has 5 heterocycles. The van der Waals surface area contributed by atoms with Crippen molar-refractivity contribution in [3.63, 3.8) is 0 Å². The summed E-state index contributed by atoms with van der Waals surface area (Å²) in [6.07, 6.45) is 10.6. The first-order valence-corrected chi connectivity index (χ1v) is 17.5. The molecule has 15 heteroatoms. The molecule has 2 fully saturated rings. The van der Waals surface area contributed by atoms with E-state index in [1.54, 1.807) is 28.9 Å². The summed E-state index contributed by atoms with van der Waals surface area (Å²) in [5.74, 6) is -1.36. The van der Waals surface area contributed by atoms with Gasteiger partial charge in [0.25, 0.3) is 0 Å². The monoisotopic (exact) mass is 758 g/mol. The lowest BCUT2D eigenvalue weighted by Gasteiger charge is -2.27. The molecule has 0 radical (unpaired) electrons. The molecule has 3 atom stereocenters. The summed E-state index contributed by atoms with van der Waals surface area (Å²) >= 11 is 3.06. The fraction of sp³-hybridized carbons (Fsp3) is 0.389. The highest BCUT2D eigenvalue weighted by Gasteiger charge is 2.67. The molecule has 1 aliphatic carbocycles. The van der Waals surface area contributed by atoms with Crippen LogP contribution in [0.4, 0.5) is 10.2 Å². The Hall–Kier alpha value is -5.05. The van der Waals surface area contributed by atoms with Crippen molar-refractivity contribution in [2.24, 2.45) is 5.41 Å². The Morgan fingerprint density at radius 2 is 1.90 bits per heavy atom. The fourth-order valence-corrected chi connectivity index (χ4v) is 7.68. The predicted octanol–water partition coefficient (Wildman–Crippen LogP) is 4.71. The van der Waals surface area contributed by atoms with Crippen molar-refractivity contribution in [3.8, 4) is 16.9 Å². The van der Waals surface area contributed by atoms with Gasteiger partial charge in [-0.15, -0.1) is 0 Å².